The lowest BCUT2D eigenvalue weighted by molar-refractivity contribution is -0.119. The molecule has 0 radical (unpaired) electrons. The number of carbonyl (C=O) groups is 1. The maximum absolute atomic E-state index is 12.8. The SMILES string of the molecule is COc1ccccc1N1CC[C@@H](N[C@H](CO)c2ccccc2)C1=O. The summed E-state index contributed by atoms with van der Waals surface area (Å²) in [6.45, 7) is 0.576. The van der Waals surface area contributed by atoms with Crippen LogP contribution in [-0.2, 0) is 4.79 Å². The third-order valence-electron chi connectivity index (χ3n) is 4.37. The highest BCUT2D eigenvalue weighted by Gasteiger charge is 2.35. The molecule has 0 spiro atoms. The van der Waals surface area contributed by atoms with Crippen molar-refractivity contribution in [2.45, 2.75) is 18.5 Å². The molecule has 24 heavy (non-hydrogen) atoms. The largest absolute Gasteiger partial charge is 0.495 e. The van der Waals surface area contributed by atoms with Crippen molar-refractivity contribution in [1.82, 2.24) is 5.32 Å². The molecule has 0 bridgehead atoms. The highest BCUT2D eigenvalue weighted by atomic mass is 16.5. The first-order chi connectivity index (χ1) is 11.7. The Labute approximate surface area is 141 Å². The molecule has 5 heteroatoms. The minimum atomic E-state index is -0.313. The summed E-state index contributed by atoms with van der Waals surface area (Å²) in [6, 6.07) is 16.6. The Morgan fingerprint density at radius 3 is 2.62 bits per heavy atom. The fraction of sp³-hybridized carbons (Fsp3) is 0.316. The zero-order chi connectivity index (χ0) is 16.9. The van der Waals surface area contributed by atoms with Crippen LogP contribution in [0.25, 0.3) is 0 Å². The molecule has 1 heterocycles. The summed E-state index contributed by atoms with van der Waals surface area (Å²) in [5, 5.41) is 13.0. The van der Waals surface area contributed by atoms with Gasteiger partial charge in [0.25, 0.3) is 0 Å². The number of amides is 1. The van der Waals surface area contributed by atoms with E-state index in [0.29, 0.717) is 18.7 Å². The summed E-state index contributed by atoms with van der Waals surface area (Å²) in [4.78, 5) is 14.5. The van der Waals surface area contributed by atoms with Crippen LogP contribution in [0.15, 0.2) is 54.6 Å². The van der Waals surface area contributed by atoms with Gasteiger partial charge in [0.1, 0.15) is 5.75 Å². The molecule has 2 N–H and O–H groups in total. The number of hydrogen-bond acceptors (Lipinski definition) is 4. The molecule has 1 fully saturated rings. The van der Waals surface area contributed by atoms with E-state index in [4.69, 9.17) is 4.74 Å². The van der Waals surface area contributed by atoms with Gasteiger partial charge in [-0.05, 0) is 24.1 Å². The quantitative estimate of drug-likeness (QED) is 0.854. The number of benzene rings is 2. The number of ether oxygens (including phenoxy) is 1. The molecule has 126 valence electrons. The van der Waals surface area contributed by atoms with Crippen molar-refractivity contribution >= 4 is 11.6 Å². The Morgan fingerprint density at radius 1 is 1.21 bits per heavy atom. The highest BCUT2D eigenvalue weighted by molar-refractivity contribution is 6.00. The molecule has 1 amide bonds. The lowest BCUT2D eigenvalue weighted by Gasteiger charge is -2.22. The lowest BCUT2D eigenvalue weighted by atomic mass is 10.1. The maximum atomic E-state index is 12.8. The third kappa shape index (κ3) is 3.27. The Kier molecular flexibility index (Phi) is 5.13. The molecule has 0 aromatic heterocycles. The van der Waals surface area contributed by atoms with E-state index in [1.54, 1.807) is 12.0 Å². The van der Waals surface area contributed by atoms with Gasteiger partial charge in [-0.1, -0.05) is 42.5 Å². The number of nitrogens with zero attached hydrogens (tertiary/aromatic N) is 1. The van der Waals surface area contributed by atoms with E-state index in [0.717, 1.165) is 11.3 Å². The molecule has 1 aliphatic rings. The smallest absolute Gasteiger partial charge is 0.244 e. The fourth-order valence-electron chi connectivity index (χ4n) is 3.11. The van der Waals surface area contributed by atoms with Crippen LogP contribution >= 0.6 is 0 Å². The van der Waals surface area contributed by atoms with Crippen molar-refractivity contribution in [3.05, 3.63) is 60.2 Å². The predicted molar refractivity (Wildman–Crippen MR) is 93.2 cm³/mol. The second-order valence-electron chi connectivity index (χ2n) is 5.82. The minimum Gasteiger partial charge on any atom is -0.495 e. The summed E-state index contributed by atoms with van der Waals surface area (Å²) in [5.74, 6) is 0.696. The molecular formula is C19H22N2O3. The average molecular weight is 326 g/mol. The van der Waals surface area contributed by atoms with E-state index in [9.17, 15) is 9.90 Å². The van der Waals surface area contributed by atoms with Crippen molar-refractivity contribution in [1.29, 1.82) is 0 Å². The Bertz CT molecular complexity index is 690. The van der Waals surface area contributed by atoms with Crippen molar-refractivity contribution in [2.75, 3.05) is 25.2 Å². The van der Waals surface area contributed by atoms with Crippen LogP contribution in [0.5, 0.6) is 5.75 Å². The summed E-state index contributed by atoms with van der Waals surface area (Å²) in [6.07, 6.45) is 0.695. The summed E-state index contributed by atoms with van der Waals surface area (Å²) in [5.41, 5.74) is 1.76. The number of aliphatic hydroxyl groups is 1. The van der Waals surface area contributed by atoms with Crippen LogP contribution in [0.3, 0.4) is 0 Å². The molecule has 0 aliphatic carbocycles. The van der Waals surface area contributed by atoms with E-state index >= 15 is 0 Å². The molecule has 5 nitrogen and oxygen atoms in total. The van der Waals surface area contributed by atoms with Crippen LogP contribution < -0.4 is 15.0 Å². The molecule has 0 unspecified atom stereocenters. The van der Waals surface area contributed by atoms with Gasteiger partial charge in [0.15, 0.2) is 0 Å². The molecule has 3 rings (SSSR count). The van der Waals surface area contributed by atoms with E-state index in [-0.39, 0.29) is 24.6 Å². The Morgan fingerprint density at radius 2 is 1.92 bits per heavy atom. The van der Waals surface area contributed by atoms with Crippen molar-refractivity contribution < 1.29 is 14.6 Å². The second-order valence-corrected chi connectivity index (χ2v) is 5.82. The van der Waals surface area contributed by atoms with Crippen LogP contribution in [0.2, 0.25) is 0 Å². The summed E-state index contributed by atoms with van der Waals surface area (Å²) in [7, 11) is 1.60. The molecule has 1 saturated heterocycles. The van der Waals surface area contributed by atoms with Crippen molar-refractivity contribution in [3.63, 3.8) is 0 Å². The average Bonchev–Trinajstić information content (AvgIpc) is 3.00. The first-order valence-electron chi connectivity index (χ1n) is 8.11. The zero-order valence-corrected chi connectivity index (χ0v) is 13.7. The van der Waals surface area contributed by atoms with Gasteiger partial charge in [-0.2, -0.15) is 0 Å². The van der Waals surface area contributed by atoms with Crippen molar-refractivity contribution in [2.24, 2.45) is 0 Å². The van der Waals surface area contributed by atoms with E-state index in [2.05, 4.69) is 5.32 Å². The number of hydrogen-bond donors (Lipinski definition) is 2. The van der Waals surface area contributed by atoms with E-state index in [1.165, 1.54) is 0 Å². The van der Waals surface area contributed by atoms with Crippen molar-refractivity contribution in [3.8, 4) is 5.75 Å². The molecule has 0 saturated carbocycles. The zero-order valence-electron chi connectivity index (χ0n) is 13.7. The third-order valence-corrected chi connectivity index (χ3v) is 4.37. The molecule has 2 aromatic carbocycles. The van der Waals surface area contributed by atoms with Gasteiger partial charge in [0.05, 0.1) is 31.5 Å². The molecule has 2 aromatic rings. The maximum Gasteiger partial charge on any atom is 0.244 e. The van der Waals surface area contributed by atoms with Crippen LogP contribution in [-0.4, -0.2) is 37.3 Å². The number of anilines is 1. The molecule has 2 atom stereocenters. The fourth-order valence-corrected chi connectivity index (χ4v) is 3.11. The topological polar surface area (TPSA) is 61.8 Å². The molecular weight excluding hydrogens is 304 g/mol. The molecule has 1 aliphatic heterocycles. The Hall–Kier alpha value is -2.37. The minimum absolute atomic E-state index is 0.00822. The van der Waals surface area contributed by atoms with Crippen LogP contribution in [0, 0.1) is 0 Å². The van der Waals surface area contributed by atoms with Crippen LogP contribution in [0.4, 0.5) is 5.69 Å². The van der Waals surface area contributed by atoms with Gasteiger partial charge in [0, 0.05) is 6.54 Å². The number of carbonyl (C=O) groups excluding carboxylic acids is 1. The lowest BCUT2D eigenvalue weighted by Crippen LogP contribution is -2.41. The first kappa shape index (κ1) is 16.5. The van der Waals surface area contributed by atoms with E-state index < -0.39 is 0 Å². The predicted octanol–water partition coefficient (Wildman–Crippen LogP) is 2.12. The number of aliphatic hydroxyl groups excluding tert-OH is 1. The summed E-state index contributed by atoms with van der Waals surface area (Å²) >= 11 is 0. The van der Waals surface area contributed by atoms with E-state index in [1.807, 2.05) is 54.6 Å². The Balaban J connectivity index is 1.74. The number of nitrogens with one attached hydrogen (secondary N) is 1. The number of methoxy groups -OCH3 is 1. The standard InChI is InChI=1S/C19H22N2O3/c1-24-18-10-6-5-9-17(18)21-12-11-15(19(21)23)20-16(13-22)14-7-3-2-4-8-14/h2-10,15-16,20,22H,11-13H2,1H3/t15-,16-/m1/s1. The monoisotopic (exact) mass is 326 g/mol. The normalized spacial score (nSPS) is 18.7. The van der Waals surface area contributed by atoms with Gasteiger partial charge in [-0.3, -0.25) is 10.1 Å². The number of para-hydroxylation sites is 2. The van der Waals surface area contributed by atoms with Gasteiger partial charge in [-0.15, -0.1) is 0 Å². The van der Waals surface area contributed by atoms with Gasteiger partial charge in [-0.25, -0.2) is 0 Å². The number of rotatable bonds is 6. The van der Waals surface area contributed by atoms with Gasteiger partial charge >= 0.3 is 0 Å². The first-order valence-corrected chi connectivity index (χ1v) is 8.11. The highest BCUT2D eigenvalue weighted by Crippen LogP contribution is 2.31. The van der Waals surface area contributed by atoms with Gasteiger partial charge in [0.2, 0.25) is 5.91 Å². The van der Waals surface area contributed by atoms with Crippen LogP contribution in [0.1, 0.15) is 18.0 Å². The summed E-state index contributed by atoms with van der Waals surface area (Å²) < 4.78 is 5.36. The van der Waals surface area contributed by atoms with Gasteiger partial charge < -0.3 is 14.7 Å². The second kappa shape index (κ2) is 7.47.